The third-order valence-electron chi connectivity index (χ3n) is 8.82. The van der Waals surface area contributed by atoms with Crippen molar-refractivity contribution in [3.63, 3.8) is 0 Å². The molecule has 0 fully saturated rings. The van der Waals surface area contributed by atoms with Gasteiger partial charge in [0, 0.05) is 58.1 Å². The molecular formula is C43H51ClN6O8. The predicted molar refractivity (Wildman–Crippen MR) is 224 cm³/mol. The number of fused-ring (bicyclic) bond motifs is 2. The largest absolute Gasteiger partial charge is 0.479 e. The van der Waals surface area contributed by atoms with Gasteiger partial charge in [0.15, 0.2) is 12.2 Å². The molecule has 0 saturated heterocycles. The third-order valence-corrected chi connectivity index (χ3v) is 8.82. The Hall–Kier alpha value is -6.09. The van der Waals surface area contributed by atoms with Gasteiger partial charge in [-0.25, -0.2) is 19.6 Å². The number of carboxylic acids is 2. The Labute approximate surface area is 342 Å². The summed E-state index contributed by atoms with van der Waals surface area (Å²) in [6, 6.07) is 24.6. The lowest BCUT2D eigenvalue weighted by Crippen LogP contribution is -2.39. The van der Waals surface area contributed by atoms with Crippen LogP contribution >= 0.6 is 11.6 Å². The molecule has 2 unspecified atom stereocenters. The molecule has 4 heterocycles. The van der Waals surface area contributed by atoms with E-state index >= 15 is 0 Å². The number of likely N-dealkylation sites (N-methyl/N-ethyl adjacent to an activating group) is 2. The third kappa shape index (κ3) is 12.0. The molecule has 2 amide bonds. The van der Waals surface area contributed by atoms with Crippen molar-refractivity contribution in [3.05, 3.63) is 119 Å². The number of benzene rings is 2. The zero-order valence-corrected chi connectivity index (χ0v) is 34.9. The van der Waals surface area contributed by atoms with Gasteiger partial charge in [0.05, 0.1) is 35.6 Å². The highest BCUT2D eigenvalue weighted by molar-refractivity contribution is 6.15. The fourth-order valence-corrected chi connectivity index (χ4v) is 5.49. The quantitative estimate of drug-likeness (QED) is 0.141. The summed E-state index contributed by atoms with van der Waals surface area (Å²) in [6.45, 7) is 8.21. The average Bonchev–Trinajstić information content (AvgIpc) is 3.72. The van der Waals surface area contributed by atoms with Crippen LogP contribution in [0.2, 0.25) is 0 Å². The number of aromatic nitrogens is 4. The van der Waals surface area contributed by atoms with Crippen molar-refractivity contribution in [3.8, 4) is 22.5 Å². The molecule has 0 saturated carbocycles. The number of carbonyl (C=O) groups excluding carboxylic acids is 2. The van der Waals surface area contributed by atoms with E-state index in [2.05, 4.69) is 74.0 Å². The molecule has 0 aliphatic carbocycles. The van der Waals surface area contributed by atoms with Crippen molar-refractivity contribution in [2.24, 2.45) is 0 Å². The highest BCUT2D eigenvalue weighted by Crippen LogP contribution is 2.27. The smallest absolute Gasteiger partial charge is 0.335 e. The Morgan fingerprint density at radius 2 is 0.845 bits per heavy atom. The SMILES string of the molecule is CCl.Cc1ccc(-c2nc3ccc(C)cn3c2CC(=O)N(C)C)cc1.Cc1ccc(-c2nc3ccc(C)cn3c2CC(=O)N(C)C)cc1.O=C(O)C(O)C(O)C(=O)O. The number of carboxylic acid groups (broad SMARTS) is 2. The fraction of sp³-hybridized carbons (Fsp3) is 0.302. The molecule has 58 heavy (non-hydrogen) atoms. The van der Waals surface area contributed by atoms with Gasteiger partial charge in [0.25, 0.3) is 0 Å². The lowest BCUT2D eigenvalue weighted by Gasteiger charge is -2.11. The molecule has 15 heteroatoms. The summed E-state index contributed by atoms with van der Waals surface area (Å²) in [7, 11) is 7.12. The van der Waals surface area contributed by atoms with E-state index in [0.717, 1.165) is 56.3 Å². The van der Waals surface area contributed by atoms with Crippen LogP contribution in [0.15, 0.2) is 85.2 Å². The Kier molecular flexibility index (Phi) is 16.7. The maximum atomic E-state index is 12.3. The number of alkyl halides is 1. The second kappa shape index (κ2) is 20.9. The number of carbonyl (C=O) groups is 4. The molecule has 0 bridgehead atoms. The molecule has 2 atom stereocenters. The van der Waals surface area contributed by atoms with Crippen molar-refractivity contribution in [2.45, 2.75) is 52.7 Å². The monoisotopic (exact) mass is 814 g/mol. The van der Waals surface area contributed by atoms with Gasteiger partial charge in [-0.2, -0.15) is 0 Å². The van der Waals surface area contributed by atoms with E-state index in [9.17, 15) is 19.2 Å². The molecule has 2 aromatic carbocycles. The Morgan fingerprint density at radius 1 is 0.552 bits per heavy atom. The van der Waals surface area contributed by atoms with Crippen LogP contribution in [0.25, 0.3) is 33.8 Å². The van der Waals surface area contributed by atoms with Gasteiger partial charge >= 0.3 is 11.9 Å². The lowest BCUT2D eigenvalue weighted by atomic mass is 10.1. The Morgan fingerprint density at radius 3 is 1.12 bits per heavy atom. The van der Waals surface area contributed by atoms with E-state index in [-0.39, 0.29) is 11.8 Å². The van der Waals surface area contributed by atoms with Crippen LogP contribution in [0.1, 0.15) is 33.6 Å². The molecule has 4 N–H and O–H groups in total. The van der Waals surface area contributed by atoms with Gasteiger partial charge in [-0.05, 0) is 51.0 Å². The molecule has 4 aromatic heterocycles. The number of rotatable bonds is 9. The summed E-state index contributed by atoms with van der Waals surface area (Å²) in [5, 5.41) is 32.5. The van der Waals surface area contributed by atoms with Crippen LogP contribution in [0.3, 0.4) is 0 Å². The first-order valence-electron chi connectivity index (χ1n) is 18.1. The number of nitrogens with zero attached hydrogens (tertiary/aromatic N) is 6. The highest BCUT2D eigenvalue weighted by atomic mass is 35.5. The number of hydrogen-bond donors (Lipinski definition) is 4. The lowest BCUT2D eigenvalue weighted by molar-refractivity contribution is -0.165. The van der Waals surface area contributed by atoms with E-state index in [1.165, 1.54) is 17.5 Å². The topological polar surface area (TPSA) is 190 Å². The van der Waals surface area contributed by atoms with E-state index < -0.39 is 24.1 Å². The molecule has 6 aromatic rings. The first-order valence-corrected chi connectivity index (χ1v) is 18.8. The van der Waals surface area contributed by atoms with Crippen LogP contribution in [-0.4, -0.2) is 120 Å². The molecule has 0 aliphatic heterocycles. The summed E-state index contributed by atoms with van der Waals surface area (Å²) in [4.78, 5) is 56.8. The van der Waals surface area contributed by atoms with Gasteiger partial charge in [-0.3, -0.25) is 9.59 Å². The number of pyridine rings is 2. The zero-order valence-electron chi connectivity index (χ0n) is 34.1. The number of hydrogen-bond acceptors (Lipinski definition) is 8. The van der Waals surface area contributed by atoms with Crippen LogP contribution in [-0.2, 0) is 32.0 Å². The van der Waals surface area contributed by atoms with Crippen LogP contribution < -0.4 is 0 Å². The minimum absolute atomic E-state index is 0.0710. The summed E-state index contributed by atoms with van der Waals surface area (Å²) >= 11 is 4.64. The minimum Gasteiger partial charge on any atom is -0.479 e. The number of aliphatic carboxylic acids is 2. The molecular weight excluding hydrogens is 764 g/mol. The van der Waals surface area contributed by atoms with Gasteiger partial charge < -0.3 is 39.0 Å². The number of imidazole rings is 2. The van der Waals surface area contributed by atoms with Crippen molar-refractivity contribution in [2.75, 3.05) is 34.6 Å². The Balaban J connectivity index is 0.000000245. The van der Waals surface area contributed by atoms with Gasteiger partial charge in [-0.1, -0.05) is 71.8 Å². The number of amides is 2. The number of aryl methyl sites for hydroxylation is 4. The van der Waals surface area contributed by atoms with Gasteiger partial charge in [0.2, 0.25) is 11.8 Å². The maximum Gasteiger partial charge on any atom is 0.335 e. The number of aliphatic hydroxyl groups is 2. The number of halogens is 1. The van der Waals surface area contributed by atoms with Crippen LogP contribution in [0.4, 0.5) is 0 Å². The molecule has 0 aliphatic rings. The van der Waals surface area contributed by atoms with E-state index in [1.54, 1.807) is 38.0 Å². The van der Waals surface area contributed by atoms with Crippen molar-refractivity contribution >= 4 is 46.6 Å². The first-order chi connectivity index (χ1) is 27.4. The standard InChI is InChI=1S/2C19H21N3O.C4H6O6.CH3Cl/c2*1-13-5-8-15(9-6-13)19-16(11-18(23)21(3)4)22-12-14(2)7-10-17(22)20-19;5-1(3(7)8)2(6)4(9)10;1-2/h2*5-10,12H,11H2,1-4H3;1-2,5-6H,(H,7,8)(H,9,10);1H3. The second-order valence-corrected chi connectivity index (χ2v) is 13.9. The molecule has 0 radical (unpaired) electrons. The van der Waals surface area contributed by atoms with E-state index in [4.69, 9.17) is 30.4 Å². The summed E-state index contributed by atoms with van der Waals surface area (Å²) in [5.41, 5.74) is 12.2. The maximum absolute atomic E-state index is 12.3. The normalized spacial score (nSPS) is 11.5. The minimum atomic E-state index is -2.27. The summed E-state index contributed by atoms with van der Waals surface area (Å²) in [5.74, 6) is -3.40. The summed E-state index contributed by atoms with van der Waals surface area (Å²) in [6.07, 6.45) is 1.69. The van der Waals surface area contributed by atoms with Gasteiger partial charge in [-0.15, -0.1) is 11.6 Å². The van der Waals surface area contributed by atoms with E-state index in [0.29, 0.717) is 12.8 Å². The summed E-state index contributed by atoms with van der Waals surface area (Å²) < 4.78 is 4.07. The molecule has 6 rings (SSSR count). The van der Waals surface area contributed by atoms with Crippen molar-refractivity contribution < 1.29 is 39.6 Å². The molecule has 308 valence electrons. The fourth-order valence-electron chi connectivity index (χ4n) is 5.49. The molecule has 14 nitrogen and oxygen atoms in total. The Bertz CT molecular complexity index is 2190. The van der Waals surface area contributed by atoms with Crippen molar-refractivity contribution in [1.82, 2.24) is 28.6 Å². The highest BCUT2D eigenvalue weighted by Gasteiger charge is 2.29. The van der Waals surface area contributed by atoms with Crippen LogP contribution in [0.5, 0.6) is 0 Å². The first kappa shape index (κ1) is 46.3. The van der Waals surface area contributed by atoms with Gasteiger partial charge in [0.1, 0.15) is 11.3 Å². The van der Waals surface area contributed by atoms with Crippen LogP contribution in [0, 0.1) is 27.7 Å². The zero-order chi connectivity index (χ0) is 43.4. The second-order valence-electron chi connectivity index (χ2n) is 13.9. The van der Waals surface area contributed by atoms with E-state index in [1.807, 2.05) is 59.3 Å². The van der Waals surface area contributed by atoms with Crippen molar-refractivity contribution in [1.29, 1.82) is 0 Å². The number of aliphatic hydroxyl groups excluding tert-OH is 2. The average molecular weight is 815 g/mol. The molecule has 0 spiro atoms. The predicted octanol–water partition coefficient (Wildman–Crippen LogP) is 5.23.